The minimum Gasteiger partial charge on any atom is -0.484 e. The van der Waals surface area contributed by atoms with Crippen molar-refractivity contribution in [1.29, 1.82) is 0 Å². The number of carbonyl (C=O) groups excluding carboxylic acids is 1. The molecule has 0 aliphatic heterocycles. The van der Waals surface area contributed by atoms with E-state index in [0.29, 0.717) is 11.7 Å². The average molecular weight is 307 g/mol. The van der Waals surface area contributed by atoms with E-state index in [2.05, 4.69) is 19.2 Å². The molecular formula is C16H18FNO2S. The van der Waals surface area contributed by atoms with Crippen molar-refractivity contribution in [3.63, 3.8) is 0 Å². The Morgan fingerprint density at radius 2 is 2.00 bits per heavy atom. The molecule has 2 aromatic rings. The van der Waals surface area contributed by atoms with Crippen molar-refractivity contribution < 1.29 is 13.9 Å². The van der Waals surface area contributed by atoms with E-state index >= 15 is 0 Å². The van der Waals surface area contributed by atoms with Crippen LogP contribution in [0.25, 0.3) is 0 Å². The lowest BCUT2D eigenvalue weighted by molar-refractivity contribution is -0.124. The van der Waals surface area contributed by atoms with Crippen molar-refractivity contribution in [1.82, 2.24) is 5.32 Å². The third kappa shape index (κ3) is 4.56. The van der Waals surface area contributed by atoms with Gasteiger partial charge in [-0.05, 0) is 41.6 Å². The van der Waals surface area contributed by atoms with Crippen LogP contribution < -0.4 is 10.1 Å². The lowest BCUT2D eigenvalue weighted by atomic mass is 10.0. The predicted molar refractivity (Wildman–Crippen MR) is 81.9 cm³/mol. The van der Waals surface area contributed by atoms with Crippen LogP contribution >= 0.6 is 11.3 Å². The van der Waals surface area contributed by atoms with E-state index in [0.717, 1.165) is 4.88 Å². The maximum Gasteiger partial charge on any atom is 0.258 e. The third-order valence-corrected chi connectivity index (χ3v) is 3.97. The molecule has 112 valence electrons. The van der Waals surface area contributed by atoms with Gasteiger partial charge in [0.1, 0.15) is 11.6 Å². The third-order valence-electron chi connectivity index (χ3n) is 3.02. The molecule has 0 spiro atoms. The van der Waals surface area contributed by atoms with Crippen LogP contribution in [0, 0.1) is 11.7 Å². The molecule has 0 bridgehead atoms. The number of halogens is 1. The number of hydrogen-bond acceptors (Lipinski definition) is 3. The molecule has 0 radical (unpaired) electrons. The molecule has 1 N–H and O–H groups in total. The monoisotopic (exact) mass is 307 g/mol. The van der Waals surface area contributed by atoms with Gasteiger partial charge in [-0.3, -0.25) is 4.79 Å². The number of thiophene rings is 1. The first-order valence-electron chi connectivity index (χ1n) is 6.77. The highest BCUT2D eigenvalue weighted by atomic mass is 32.1. The second kappa shape index (κ2) is 7.22. The molecule has 1 heterocycles. The Bertz CT molecular complexity index is 566. The molecule has 1 aromatic carbocycles. The highest BCUT2D eigenvalue weighted by Crippen LogP contribution is 2.25. The number of rotatable bonds is 6. The fourth-order valence-electron chi connectivity index (χ4n) is 1.93. The van der Waals surface area contributed by atoms with E-state index in [-0.39, 0.29) is 24.4 Å². The van der Waals surface area contributed by atoms with Crippen LogP contribution in [-0.2, 0) is 4.79 Å². The Labute approximate surface area is 127 Å². The van der Waals surface area contributed by atoms with Gasteiger partial charge >= 0.3 is 0 Å². The standard InChI is InChI=1S/C16H18FNO2S/c1-11(2)16(14-4-3-9-21-14)18-15(19)10-20-13-7-5-12(17)6-8-13/h3-9,11,16H,10H2,1-2H3,(H,18,19)/t16-/m0/s1. The number of benzene rings is 1. The maximum absolute atomic E-state index is 12.8. The van der Waals surface area contributed by atoms with E-state index in [1.54, 1.807) is 11.3 Å². The zero-order valence-electron chi connectivity index (χ0n) is 12.0. The summed E-state index contributed by atoms with van der Waals surface area (Å²) >= 11 is 1.62. The molecule has 0 aliphatic rings. The number of carbonyl (C=O) groups is 1. The van der Waals surface area contributed by atoms with Crippen LogP contribution in [0.15, 0.2) is 41.8 Å². The first kappa shape index (κ1) is 15.5. The van der Waals surface area contributed by atoms with Gasteiger partial charge in [0, 0.05) is 4.88 Å². The minimum absolute atomic E-state index is 0.0192. The molecule has 0 aliphatic carbocycles. The zero-order valence-corrected chi connectivity index (χ0v) is 12.8. The van der Waals surface area contributed by atoms with E-state index < -0.39 is 0 Å². The fraction of sp³-hybridized carbons (Fsp3) is 0.312. The minimum atomic E-state index is -0.329. The van der Waals surface area contributed by atoms with E-state index in [9.17, 15) is 9.18 Å². The van der Waals surface area contributed by atoms with Crippen molar-refractivity contribution in [3.8, 4) is 5.75 Å². The average Bonchev–Trinajstić information content (AvgIpc) is 2.97. The summed E-state index contributed by atoms with van der Waals surface area (Å²) in [5, 5.41) is 4.96. The topological polar surface area (TPSA) is 38.3 Å². The van der Waals surface area contributed by atoms with Gasteiger partial charge in [-0.2, -0.15) is 0 Å². The zero-order chi connectivity index (χ0) is 15.2. The summed E-state index contributed by atoms with van der Waals surface area (Å²) in [6.45, 7) is 4.04. The molecule has 0 unspecified atom stereocenters. The van der Waals surface area contributed by atoms with Crippen molar-refractivity contribution >= 4 is 17.2 Å². The van der Waals surface area contributed by atoms with Gasteiger partial charge in [0.2, 0.25) is 0 Å². The summed E-state index contributed by atoms with van der Waals surface area (Å²) in [5.41, 5.74) is 0. The van der Waals surface area contributed by atoms with E-state index in [4.69, 9.17) is 4.74 Å². The summed E-state index contributed by atoms with van der Waals surface area (Å²) in [5.74, 6) is 0.248. The van der Waals surface area contributed by atoms with Gasteiger partial charge < -0.3 is 10.1 Å². The van der Waals surface area contributed by atoms with Gasteiger partial charge in [0.25, 0.3) is 5.91 Å². The molecule has 5 heteroatoms. The highest BCUT2D eigenvalue weighted by molar-refractivity contribution is 7.10. The number of amides is 1. The molecule has 3 nitrogen and oxygen atoms in total. The quantitative estimate of drug-likeness (QED) is 0.882. The number of ether oxygens (including phenoxy) is 1. The fourth-order valence-corrected chi connectivity index (χ4v) is 2.88. The maximum atomic E-state index is 12.8. The Morgan fingerprint density at radius 1 is 1.29 bits per heavy atom. The van der Waals surface area contributed by atoms with Gasteiger partial charge in [-0.15, -0.1) is 11.3 Å². The normalized spacial score (nSPS) is 12.2. The molecule has 1 atom stereocenters. The number of hydrogen-bond donors (Lipinski definition) is 1. The van der Waals surface area contributed by atoms with Crippen molar-refractivity contribution in [2.24, 2.45) is 5.92 Å². The summed E-state index contributed by atoms with van der Waals surface area (Å²) < 4.78 is 18.1. The lowest BCUT2D eigenvalue weighted by Crippen LogP contribution is -2.34. The Balaban J connectivity index is 1.89. The Kier molecular flexibility index (Phi) is 5.33. The van der Waals surface area contributed by atoms with Gasteiger partial charge in [0.15, 0.2) is 6.61 Å². The Hall–Kier alpha value is -1.88. The second-order valence-corrected chi connectivity index (χ2v) is 6.03. The molecule has 1 amide bonds. The van der Waals surface area contributed by atoms with Crippen LogP contribution in [0.5, 0.6) is 5.75 Å². The second-order valence-electron chi connectivity index (χ2n) is 5.05. The molecule has 1 aromatic heterocycles. The highest BCUT2D eigenvalue weighted by Gasteiger charge is 2.19. The van der Waals surface area contributed by atoms with Crippen LogP contribution in [-0.4, -0.2) is 12.5 Å². The molecule has 21 heavy (non-hydrogen) atoms. The summed E-state index contributed by atoms with van der Waals surface area (Å²) in [6.07, 6.45) is 0. The smallest absolute Gasteiger partial charge is 0.258 e. The van der Waals surface area contributed by atoms with Crippen molar-refractivity contribution in [2.45, 2.75) is 19.9 Å². The molecule has 0 fully saturated rings. The first-order chi connectivity index (χ1) is 10.1. The van der Waals surface area contributed by atoms with Gasteiger partial charge in [0.05, 0.1) is 6.04 Å². The van der Waals surface area contributed by atoms with Crippen molar-refractivity contribution in [2.75, 3.05) is 6.61 Å². The van der Waals surface area contributed by atoms with Gasteiger partial charge in [-0.1, -0.05) is 19.9 Å². The molecular weight excluding hydrogens is 289 g/mol. The largest absolute Gasteiger partial charge is 0.484 e. The van der Waals surface area contributed by atoms with Gasteiger partial charge in [-0.25, -0.2) is 4.39 Å². The van der Waals surface area contributed by atoms with Crippen LogP contribution in [0.3, 0.4) is 0 Å². The molecule has 2 rings (SSSR count). The van der Waals surface area contributed by atoms with Crippen molar-refractivity contribution in [3.05, 3.63) is 52.5 Å². The number of nitrogens with one attached hydrogen (secondary N) is 1. The van der Waals surface area contributed by atoms with Crippen LogP contribution in [0.1, 0.15) is 24.8 Å². The lowest BCUT2D eigenvalue weighted by Gasteiger charge is -2.21. The summed E-state index contributed by atoms with van der Waals surface area (Å²) in [4.78, 5) is 13.1. The van der Waals surface area contributed by atoms with E-state index in [1.165, 1.54) is 24.3 Å². The molecule has 0 saturated carbocycles. The first-order valence-corrected chi connectivity index (χ1v) is 7.65. The van der Waals surface area contributed by atoms with Crippen LogP contribution in [0.4, 0.5) is 4.39 Å². The summed E-state index contributed by atoms with van der Waals surface area (Å²) in [7, 11) is 0. The SMILES string of the molecule is CC(C)[C@H](NC(=O)COc1ccc(F)cc1)c1cccs1. The van der Waals surface area contributed by atoms with Crippen LogP contribution in [0.2, 0.25) is 0 Å². The predicted octanol–water partition coefficient (Wildman–Crippen LogP) is 3.78. The Morgan fingerprint density at radius 3 is 2.57 bits per heavy atom. The summed E-state index contributed by atoms with van der Waals surface area (Å²) in [6, 6.07) is 9.57. The molecule has 0 saturated heterocycles. The van der Waals surface area contributed by atoms with E-state index in [1.807, 2.05) is 17.5 Å².